The number of carboxylic acid groups (broad SMARTS) is 1. The van der Waals surface area contributed by atoms with E-state index in [1.165, 1.54) is 16.7 Å². The van der Waals surface area contributed by atoms with Crippen molar-refractivity contribution in [2.24, 2.45) is 0 Å². The van der Waals surface area contributed by atoms with E-state index >= 15 is 0 Å². The van der Waals surface area contributed by atoms with Crippen molar-refractivity contribution in [3.05, 3.63) is 92.8 Å². The maximum absolute atomic E-state index is 13.5. The van der Waals surface area contributed by atoms with Crippen molar-refractivity contribution in [1.82, 2.24) is 9.55 Å². The average molecular weight is 712 g/mol. The number of anilines is 1. The van der Waals surface area contributed by atoms with Gasteiger partial charge in [-0.15, -0.1) is 0 Å². The minimum Gasteiger partial charge on any atom is -0.547 e. The summed E-state index contributed by atoms with van der Waals surface area (Å²) in [7, 11) is 0. The standard InChI is InChI=1S/C34H31N3O12.K/c1-2-34(46)20-11-23-24-17(12-37(23)30(41)19(20)14-47-32(34)44)10-18-21(35-24)4-3-5-22(18)36-33(45)48-13-15-6-8-16(9-7-15)28-26(39)25(38)27(40)29(49-28)31(42)43;/h3-11,25-29,38-40,46H,2,12-14H2,1H3,(H,36,45)(H,42,43);/q;+1/p-1/t25-,26-,27+,28+,29+,34+;/m1./s1. The molecule has 1 fully saturated rings. The fourth-order valence-electron chi connectivity index (χ4n) is 6.56. The van der Waals surface area contributed by atoms with Gasteiger partial charge in [0.2, 0.25) is 0 Å². The molecule has 0 radical (unpaired) electrons. The Bertz CT molecular complexity index is 2090. The van der Waals surface area contributed by atoms with Crippen LogP contribution in [-0.4, -0.2) is 72.4 Å². The third-order valence-corrected chi connectivity index (χ3v) is 9.31. The van der Waals surface area contributed by atoms with Gasteiger partial charge in [-0.1, -0.05) is 37.3 Å². The van der Waals surface area contributed by atoms with Gasteiger partial charge in [0, 0.05) is 16.5 Å². The van der Waals surface area contributed by atoms with E-state index < -0.39 is 54.2 Å². The van der Waals surface area contributed by atoms with Crippen molar-refractivity contribution in [2.75, 3.05) is 5.32 Å². The fourth-order valence-corrected chi connectivity index (χ4v) is 6.56. The van der Waals surface area contributed by atoms with E-state index in [2.05, 4.69) is 5.32 Å². The monoisotopic (exact) mass is 711 g/mol. The number of carbonyl (C=O) groups excluding carboxylic acids is 3. The van der Waals surface area contributed by atoms with Crippen LogP contribution >= 0.6 is 0 Å². The Hall–Kier alpha value is -3.55. The Morgan fingerprint density at radius 1 is 1.08 bits per heavy atom. The number of aliphatic hydroxyl groups is 4. The van der Waals surface area contributed by atoms with Gasteiger partial charge < -0.3 is 49.1 Å². The van der Waals surface area contributed by atoms with Crippen LogP contribution in [0.3, 0.4) is 0 Å². The van der Waals surface area contributed by atoms with E-state index in [0.29, 0.717) is 44.7 Å². The number of hydrogen-bond donors (Lipinski definition) is 5. The first kappa shape index (κ1) is 36.2. The van der Waals surface area contributed by atoms with Gasteiger partial charge in [-0.25, -0.2) is 14.6 Å². The molecule has 2 aromatic carbocycles. The van der Waals surface area contributed by atoms with Crippen molar-refractivity contribution in [3.8, 4) is 11.4 Å². The van der Waals surface area contributed by atoms with Crippen LogP contribution in [0.5, 0.6) is 0 Å². The number of aromatic nitrogens is 2. The maximum atomic E-state index is 13.5. The summed E-state index contributed by atoms with van der Waals surface area (Å²) in [5, 5.41) is 56.0. The maximum Gasteiger partial charge on any atom is 1.00 e. The van der Waals surface area contributed by atoms with Gasteiger partial charge in [-0.2, -0.15) is 0 Å². The molecule has 2 aromatic heterocycles. The molecular weight excluding hydrogens is 681 g/mol. The Morgan fingerprint density at radius 3 is 2.52 bits per heavy atom. The van der Waals surface area contributed by atoms with Crippen molar-refractivity contribution < 1.29 is 106 Å². The first-order chi connectivity index (χ1) is 23.4. The van der Waals surface area contributed by atoms with Crippen LogP contribution in [0.2, 0.25) is 0 Å². The molecule has 5 heterocycles. The number of ether oxygens (including phenoxy) is 3. The normalized spacial score (nSPS) is 25.1. The molecule has 15 nitrogen and oxygen atoms in total. The van der Waals surface area contributed by atoms with E-state index in [0.717, 1.165) is 0 Å². The number of nitrogens with zero attached hydrogens (tertiary/aromatic N) is 2. The van der Waals surface area contributed by atoms with Crippen molar-refractivity contribution in [1.29, 1.82) is 0 Å². The van der Waals surface area contributed by atoms with Gasteiger partial charge in [0.1, 0.15) is 43.7 Å². The number of cyclic esters (lactones) is 1. The van der Waals surface area contributed by atoms with Crippen LogP contribution < -0.4 is 67.4 Å². The summed E-state index contributed by atoms with van der Waals surface area (Å²) in [6.07, 6.45) is -9.07. The van der Waals surface area contributed by atoms with Crippen molar-refractivity contribution in [2.45, 2.75) is 69.2 Å². The van der Waals surface area contributed by atoms with Crippen LogP contribution in [0, 0.1) is 0 Å². The number of benzene rings is 2. The molecule has 1 saturated heterocycles. The average Bonchev–Trinajstić information content (AvgIpc) is 3.45. The van der Waals surface area contributed by atoms with E-state index in [-0.39, 0.29) is 94.3 Å². The summed E-state index contributed by atoms with van der Waals surface area (Å²) in [5.74, 6) is -2.54. The number of carbonyl (C=O) groups is 3. The number of fused-ring (bicyclic) bond motifs is 5. The van der Waals surface area contributed by atoms with Gasteiger partial charge in [-0.05, 0) is 41.8 Å². The smallest absolute Gasteiger partial charge is 0.547 e. The van der Waals surface area contributed by atoms with Crippen molar-refractivity contribution >= 4 is 34.6 Å². The third-order valence-electron chi connectivity index (χ3n) is 9.31. The largest absolute Gasteiger partial charge is 1.00 e. The zero-order valence-electron chi connectivity index (χ0n) is 26.9. The van der Waals surface area contributed by atoms with E-state index in [1.807, 2.05) is 6.07 Å². The first-order valence-corrected chi connectivity index (χ1v) is 15.4. The molecular formula is C34H30KN3O12. The predicted octanol–water partition coefficient (Wildman–Crippen LogP) is -2.90. The van der Waals surface area contributed by atoms with Gasteiger partial charge in [0.05, 0.1) is 40.7 Å². The molecule has 5 N–H and O–H groups in total. The summed E-state index contributed by atoms with van der Waals surface area (Å²) in [5.41, 5.74) is 1.57. The Labute approximate surface area is 325 Å². The number of carboxylic acids is 1. The molecule has 50 heavy (non-hydrogen) atoms. The summed E-state index contributed by atoms with van der Waals surface area (Å²) in [6.45, 7) is 1.43. The molecule has 4 aromatic rings. The van der Waals surface area contributed by atoms with Crippen LogP contribution in [0.1, 0.15) is 47.3 Å². The number of amides is 1. The number of pyridine rings is 2. The minimum absolute atomic E-state index is 0. The fraction of sp³-hybridized carbons (Fsp3) is 0.324. The summed E-state index contributed by atoms with van der Waals surface area (Å²) >= 11 is 0. The molecule has 1 amide bonds. The molecule has 3 aliphatic heterocycles. The second kappa shape index (κ2) is 13.9. The van der Waals surface area contributed by atoms with E-state index in [4.69, 9.17) is 19.2 Å². The first-order valence-electron chi connectivity index (χ1n) is 15.4. The molecule has 0 spiro atoms. The Morgan fingerprint density at radius 2 is 1.82 bits per heavy atom. The minimum atomic E-state index is -1.94. The van der Waals surface area contributed by atoms with Gasteiger partial charge in [0.15, 0.2) is 5.60 Å². The second-order valence-electron chi connectivity index (χ2n) is 12.2. The zero-order chi connectivity index (χ0) is 34.8. The quantitative estimate of drug-likeness (QED) is 0.0881. The molecule has 254 valence electrons. The number of hydrogen-bond acceptors (Lipinski definition) is 13. The molecule has 0 aliphatic carbocycles. The number of rotatable bonds is 6. The van der Waals surface area contributed by atoms with Crippen LogP contribution in [0.4, 0.5) is 10.5 Å². The SMILES string of the molecule is CC[C@@]1(O)C(=O)OCc2c1cc1n(c2=O)Cc2cc3c(NC(=O)OCc4ccc([C@@H]5O[C@H](C(=O)[O-])[C@@H](O)[C@H](O)[C@H]5O)cc4)cccc3nc2-1.[K+]. The molecule has 16 heteroatoms. The van der Waals surface area contributed by atoms with Gasteiger partial charge in [-0.3, -0.25) is 10.1 Å². The van der Waals surface area contributed by atoms with E-state index in [9.17, 15) is 44.7 Å². The molecule has 3 aliphatic rings. The second-order valence-corrected chi connectivity index (χ2v) is 12.2. The predicted molar refractivity (Wildman–Crippen MR) is 165 cm³/mol. The summed E-state index contributed by atoms with van der Waals surface area (Å²) in [6, 6.07) is 14.7. The number of aliphatic hydroxyl groups excluding tert-OH is 3. The summed E-state index contributed by atoms with van der Waals surface area (Å²) < 4.78 is 17.3. The van der Waals surface area contributed by atoms with Crippen LogP contribution in [0.15, 0.2) is 59.4 Å². The molecule has 0 saturated carbocycles. The number of esters is 1. The number of nitrogens with one attached hydrogen (secondary N) is 1. The summed E-state index contributed by atoms with van der Waals surface area (Å²) in [4.78, 5) is 54.8. The molecule has 6 atom stereocenters. The molecule has 0 unspecified atom stereocenters. The third kappa shape index (κ3) is 6.08. The zero-order valence-corrected chi connectivity index (χ0v) is 30.0. The molecule has 7 rings (SSSR count). The van der Waals surface area contributed by atoms with Crippen LogP contribution in [-0.2, 0) is 49.2 Å². The topological polar surface area (TPSA) is 230 Å². The van der Waals surface area contributed by atoms with E-state index in [1.54, 1.807) is 43.3 Å². The Balaban J connectivity index is 0.00000432. The van der Waals surface area contributed by atoms with Gasteiger partial charge in [0.25, 0.3) is 5.56 Å². The Kier molecular flexibility index (Phi) is 10.1. The van der Waals surface area contributed by atoms with Crippen molar-refractivity contribution in [3.63, 3.8) is 0 Å². The van der Waals surface area contributed by atoms with Crippen LogP contribution in [0.25, 0.3) is 22.3 Å². The molecule has 0 bridgehead atoms. The van der Waals surface area contributed by atoms with Gasteiger partial charge >= 0.3 is 63.4 Å². The number of aliphatic carboxylic acids is 1.